The summed E-state index contributed by atoms with van der Waals surface area (Å²) in [6, 6.07) is 7.35. The topological polar surface area (TPSA) is 106 Å². The summed E-state index contributed by atoms with van der Waals surface area (Å²) in [6.45, 7) is 1.49. The summed E-state index contributed by atoms with van der Waals surface area (Å²) in [4.78, 5) is 35.6. The Morgan fingerprint density at radius 2 is 2.13 bits per heavy atom. The SMILES string of the molecule is Cn1cccc1C(=O)N1CCCC(c2nc(-c3cccnc3)no2)CCNC(=O)CC1. The quantitative estimate of drug-likeness (QED) is 0.695. The second-order valence-electron chi connectivity index (χ2n) is 7.72. The van der Waals surface area contributed by atoms with Crippen LogP contribution in [0.5, 0.6) is 0 Å². The van der Waals surface area contributed by atoms with E-state index in [1.165, 1.54) is 0 Å². The smallest absolute Gasteiger partial charge is 0.270 e. The molecule has 0 saturated carbocycles. The molecule has 1 aliphatic heterocycles. The van der Waals surface area contributed by atoms with Gasteiger partial charge in [-0.2, -0.15) is 4.98 Å². The van der Waals surface area contributed by atoms with Crippen LogP contribution in [0.2, 0.25) is 0 Å². The maximum Gasteiger partial charge on any atom is 0.270 e. The summed E-state index contributed by atoms with van der Waals surface area (Å²) in [6.07, 6.45) is 7.77. The van der Waals surface area contributed by atoms with Crippen molar-refractivity contribution in [2.45, 2.75) is 31.6 Å². The third-order valence-electron chi connectivity index (χ3n) is 5.57. The minimum Gasteiger partial charge on any atom is -0.356 e. The average molecular weight is 422 g/mol. The fourth-order valence-corrected chi connectivity index (χ4v) is 3.80. The minimum atomic E-state index is -0.0630. The molecule has 31 heavy (non-hydrogen) atoms. The molecule has 1 unspecified atom stereocenters. The zero-order valence-electron chi connectivity index (χ0n) is 17.5. The van der Waals surface area contributed by atoms with E-state index in [1.807, 2.05) is 31.4 Å². The standard InChI is InChI=1S/C22H26N6O3/c1-27-12-4-7-18(27)22(30)28-13-3-6-16(8-11-24-19(29)9-14-28)21-25-20(26-31-21)17-5-2-10-23-15-17/h2,4-5,7,10,12,15-16H,3,6,8-9,11,13-14H2,1H3,(H,24,29). The van der Waals surface area contributed by atoms with Crippen LogP contribution < -0.4 is 5.32 Å². The molecule has 2 amide bonds. The van der Waals surface area contributed by atoms with Crippen molar-refractivity contribution in [3.8, 4) is 11.4 Å². The normalized spacial score (nSPS) is 18.3. The number of amides is 2. The lowest BCUT2D eigenvalue weighted by molar-refractivity contribution is -0.121. The minimum absolute atomic E-state index is 0.00306. The molecule has 1 saturated heterocycles. The van der Waals surface area contributed by atoms with Crippen molar-refractivity contribution in [3.05, 3.63) is 54.4 Å². The van der Waals surface area contributed by atoms with Crippen molar-refractivity contribution in [1.29, 1.82) is 0 Å². The van der Waals surface area contributed by atoms with Gasteiger partial charge in [-0.25, -0.2) is 0 Å². The van der Waals surface area contributed by atoms with E-state index < -0.39 is 0 Å². The Hall–Kier alpha value is -3.49. The van der Waals surface area contributed by atoms with E-state index in [2.05, 4.69) is 20.4 Å². The molecular formula is C22H26N6O3. The molecule has 4 rings (SSSR count). The van der Waals surface area contributed by atoms with Crippen LogP contribution in [0.4, 0.5) is 0 Å². The van der Waals surface area contributed by atoms with Crippen LogP contribution in [-0.4, -0.2) is 56.0 Å². The third kappa shape index (κ3) is 4.99. The fraction of sp³-hybridized carbons (Fsp3) is 0.409. The number of hydrogen-bond acceptors (Lipinski definition) is 6. The van der Waals surface area contributed by atoms with Gasteiger partial charge in [0.15, 0.2) is 0 Å². The van der Waals surface area contributed by atoms with Gasteiger partial charge in [0.25, 0.3) is 5.91 Å². The first-order valence-corrected chi connectivity index (χ1v) is 10.5. The summed E-state index contributed by atoms with van der Waals surface area (Å²) in [7, 11) is 1.84. The number of nitrogens with one attached hydrogen (secondary N) is 1. The van der Waals surface area contributed by atoms with Gasteiger partial charge in [0.2, 0.25) is 17.6 Å². The van der Waals surface area contributed by atoms with Crippen molar-refractivity contribution in [2.24, 2.45) is 7.05 Å². The molecule has 1 atom stereocenters. The molecule has 9 heteroatoms. The Kier molecular flexibility index (Phi) is 6.40. The highest BCUT2D eigenvalue weighted by atomic mass is 16.5. The van der Waals surface area contributed by atoms with Crippen molar-refractivity contribution < 1.29 is 14.1 Å². The highest BCUT2D eigenvalue weighted by molar-refractivity contribution is 5.93. The third-order valence-corrected chi connectivity index (χ3v) is 5.57. The van der Waals surface area contributed by atoms with Crippen LogP contribution >= 0.6 is 0 Å². The number of nitrogens with zero attached hydrogens (tertiary/aromatic N) is 5. The molecule has 3 aromatic rings. The molecule has 0 aromatic carbocycles. The molecule has 1 aliphatic rings. The van der Waals surface area contributed by atoms with Crippen LogP contribution in [0.1, 0.15) is 48.0 Å². The maximum atomic E-state index is 13.0. The van der Waals surface area contributed by atoms with Gasteiger partial charge in [-0.15, -0.1) is 0 Å². The molecule has 3 aromatic heterocycles. The van der Waals surface area contributed by atoms with Crippen molar-refractivity contribution in [1.82, 2.24) is 29.9 Å². The highest BCUT2D eigenvalue weighted by Crippen LogP contribution is 2.26. The number of hydrogen-bond donors (Lipinski definition) is 1. The van der Waals surface area contributed by atoms with Gasteiger partial charge in [0.1, 0.15) is 5.69 Å². The monoisotopic (exact) mass is 422 g/mol. The van der Waals surface area contributed by atoms with Gasteiger partial charge < -0.3 is 19.3 Å². The summed E-state index contributed by atoms with van der Waals surface area (Å²) < 4.78 is 7.35. The zero-order chi connectivity index (χ0) is 21.6. The number of carbonyl (C=O) groups excluding carboxylic acids is 2. The largest absolute Gasteiger partial charge is 0.356 e. The van der Waals surface area contributed by atoms with Gasteiger partial charge in [-0.05, 0) is 43.5 Å². The molecule has 4 heterocycles. The Morgan fingerprint density at radius 3 is 2.90 bits per heavy atom. The Labute approximate surface area is 180 Å². The maximum absolute atomic E-state index is 13.0. The lowest BCUT2D eigenvalue weighted by Gasteiger charge is -2.23. The van der Waals surface area contributed by atoms with Gasteiger partial charge in [0.05, 0.1) is 0 Å². The molecule has 1 N–H and O–H groups in total. The number of aromatic nitrogens is 4. The van der Waals surface area contributed by atoms with E-state index in [1.54, 1.807) is 27.9 Å². The molecule has 162 valence electrons. The van der Waals surface area contributed by atoms with Gasteiger partial charge in [-0.3, -0.25) is 14.6 Å². The number of aryl methyl sites for hydroxylation is 1. The molecule has 0 aliphatic carbocycles. The summed E-state index contributed by atoms with van der Waals surface area (Å²) in [5.41, 5.74) is 1.41. The van der Waals surface area contributed by atoms with Crippen LogP contribution in [0, 0.1) is 0 Å². The van der Waals surface area contributed by atoms with E-state index in [9.17, 15) is 9.59 Å². The van der Waals surface area contributed by atoms with Crippen LogP contribution in [0.3, 0.4) is 0 Å². The summed E-state index contributed by atoms with van der Waals surface area (Å²) >= 11 is 0. The first-order chi connectivity index (χ1) is 15.1. The lowest BCUT2D eigenvalue weighted by Crippen LogP contribution is -2.36. The van der Waals surface area contributed by atoms with Crippen LogP contribution in [0.25, 0.3) is 11.4 Å². The molecule has 0 spiro atoms. The van der Waals surface area contributed by atoms with Crippen LogP contribution in [0.15, 0.2) is 47.4 Å². The van der Waals surface area contributed by atoms with Crippen molar-refractivity contribution in [2.75, 3.05) is 19.6 Å². The van der Waals surface area contributed by atoms with E-state index in [-0.39, 0.29) is 24.2 Å². The van der Waals surface area contributed by atoms with Gasteiger partial charge >= 0.3 is 0 Å². The Bertz CT molecular complexity index is 1030. The zero-order valence-corrected chi connectivity index (χ0v) is 17.5. The second-order valence-corrected chi connectivity index (χ2v) is 7.72. The van der Waals surface area contributed by atoms with E-state index in [0.717, 1.165) is 18.4 Å². The number of rotatable bonds is 3. The lowest BCUT2D eigenvalue weighted by atomic mass is 9.99. The predicted octanol–water partition coefficient (Wildman–Crippen LogP) is 2.39. The molecule has 1 fully saturated rings. The number of carbonyl (C=O) groups is 2. The van der Waals surface area contributed by atoms with Crippen molar-refractivity contribution >= 4 is 11.8 Å². The molecule has 9 nitrogen and oxygen atoms in total. The van der Waals surface area contributed by atoms with Gasteiger partial charge in [-0.1, -0.05) is 5.16 Å². The van der Waals surface area contributed by atoms with Crippen molar-refractivity contribution in [3.63, 3.8) is 0 Å². The second kappa shape index (κ2) is 9.55. The van der Waals surface area contributed by atoms with E-state index in [4.69, 9.17) is 4.52 Å². The first kappa shape index (κ1) is 20.8. The Balaban J connectivity index is 1.48. The van der Waals surface area contributed by atoms with E-state index >= 15 is 0 Å². The Morgan fingerprint density at radius 1 is 1.23 bits per heavy atom. The fourth-order valence-electron chi connectivity index (χ4n) is 3.80. The average Bonchev–Trinajstić information content (AvgIpc) is 3.43. The molecule has 0 bridgehead atoms. The molecule has 0 radical (unpaired) electrons. The highest BCUT2D eigenvalue weighted by Gasteiger charge is 2.24. The first-order valence-electron chi connectivity index (χ1n) is 10.5. The van der Waals surface area contributed by atoms with Gasteiger partial charge in [0, 0.05) is 63.2 Å². The van der Waals surface area contributed by atoms with E-state index in [0.29, 0.717) is 43.5 Å². The van der Waals surface area contributed by atoms with Crippen LogP contribution in [-0.2, 0) is 11.8 Å². The predicted molar refractivity (Wildman–Crippen MR) is 113 cm³/mol. The molecular weight excluding hydrogens is 396 g/mol. The summed E-state index contributed by atoms with van der Waals surface area (Å²) in [5.74, 6) is 0.928. The number of pyridine rings is 1. The summed E-state index contributed by atoms with van der Waals surface area (Å²) in [5, 5.41) is 7.04.